The van der Waals surface area contributed by atoms with Crippen LogP contribution in [0, 0.1) is 6.92 Å². The Morgan fingerprint density at radius 3 is 2.57 bits per heavy atom. The molecule has 0 bridgehead atoms. The van der Waals surface area contributed by atoms with Crippen LogP contribution in [0.4, 0.5) is 0 Å². The fourth-order valence-corrected chi connectivity index (χ4v) is 1.26. The number of benzene rings is 1. The minimum absolute atomic E-state index is 0.697. The zero-order valence-corrected chi connectivity index (χ0v) is 7.85. The molecule has 69 valence electrons. The summed E-state index contributed by atoms with van der Waals surface area (Å²) in [6.07, 6.45) is 2.47. The second-order valence-electron chi connectivity index (χ2n) is 2.99. The predicted molar refractivity (Wildman–Crippen MR) is 56.5 cm³/mol. The summed E-state index contributed by atoms with van der Waals surface area (Å²) in [5.74, 6) is 0.770. The van der Waals surface area contributed by atoms with Crippen LogP contribution in [0.3, 0.4) is 0 Å². The summed E-state index contributed by atoms with van der Waals surface area (Å²) in [7, 11) is 0. The second-order valence-corrected chi connectivity index (χ2v) is 2.99. The van der Waals surface area contributed by atoms with Gasteiger partial charge in [-0.1, -0.05) is 30.3 Å². The van der Waals surface area contributed by atoms with Crippen molar-refractivity contribution in [2.45, 2.75) is 6.42 Å². The summed E-state index contributed by atoms with van der Waals surface area (Å²) in [6.45, 7) is 3.80. The summed E-state index contributed by atoms with van der Waals surface area (Å²) in [6, 6.07) is 11.8. The van der Waals surface area contributed by atoms with Crippen LogP contribution in [0.25, 0.3) is 11.4 Å². The maximum absolute atomic E-state index is 4.39. The molecular weight excluding hydrogens is 172 g/mol. The van der Waals surface area contributed by atoms with E-state index in [4.69, 9.17) is 0 Å². The van der Waals surface area contributed by atoms with Gasteiger partial charge in [-0.2, -0.15) is 0 Å². The van der Waals surface area contributed by atoms with Crippen LogP contribution in [0.5, 0.6) is 0 Å². The maximum atomic E-state index is 4.39. The largest absolute Gasteiger partial charge is 0.237 e. The van der Waals surface area contributed by atoms with E-state index in [1.54, 1.807) is 6.20 Å². The van der Waals surface area contributed by atoms with Gasteiger partial charge in [-0.05, 0) is 19.4 Å². The molecule has 2 nitrogen and oxygen atoms in total. The van der Waals surface area contributed by atoms with Crippen molar-refractivity contribution in [1.82, 2.24) is 9.97 Å². The Balaban J connectivity index is 2.42. The first-order valence-corrected chi connectivity index (χ1v) is 4.57. The minimum Gasteiger partial charge on any atom is -0.237 e. The third-order valence-corrected chi connectivity index (χ3v) is 2.00. The number of nitrogens with zero attached hydrogens (tertiary/aromatic N) is 2. The quantitative estimate of drug-likeness (QED) is 0.715. The van der Waals surface area contributed by atoms with Gasteiger partial charge in [0.05, 0.1) is 0 Å². The Bertz CT molecular complexity index is 410. The minimum atomic E-state index is 0.697. The molecule has 0 fully saturated rings. The van der Waals surface area contributed by atoms with Crippen molar-refractivity contribution in [1.29, 1.82) is 0 Å². The van der Waals surface area contributed by atoms with Crippen LogP contribution in [0.2, 0.25) is 0 Å². The molecule has 2 aromatic rings. The van der Waals surface area contributed by atoms with Gasteiger partial charge in [0.2, 0.25) is 0 Å². The molecule has 0 saturated heterocycles. The van der Waals surface area contributed by atoms with Gasteiger partial charge < -0.3 is 0 Å². The highest BCUT2D eigenvalue weighted by atomic mass is 14.9. The van der Waals surface area contributed by atoms with Crippen molar-refractivity contribution in [2.24, 2.45) is 0 Å². The molecule has 0 aliphatic rings. The summed E-state index contributed by atoms with van der Waals surface area (Å²) < 4.78 is 0. The second kappa shape index (κ2) is 4.01. The first kappa shape index (κ1) is 8.88. The molecule has 0 atom stereocenters. The lowest BCUT2D eigenvalue weighted by Crippen LogP contribution is -1.92. The lowest BCUT2D eigenvalue weighted by atomic mass is 10.2. The SMILES string of the molecule is [CH2]Cc1ccnc(-c2ccccc2)n1. The van der Waals surface area contributed by atoms with E-state index in [-0.39, 0.29) is 0 Å². The Hall–Kier alpha value is -1.70. The molecule has 14 heavy (non-hydrogen) atoms. The smallest absolute Gasteiger partial charge is 0.159 e. The summed E-state index contributed by atoms with van der Waals surface area (Å²) in [5.41, 5.74) is 2.02. The lowest BCUT2D eigenvalue weighted by Gasteiger charge is -2.00. The molecule has 0 saturated carbocycles. The highest BCUT2D eigenvalue weighted by Gasteiger charge is 1.99. The van der Waals surface area contributed by atoms with Gasteiger partial charge in [0.1, 0.15) is 0 Å². The average Bonchev–Trinajstić information content (AvgIpc) is 2.30. The van der Waals surface area contributed by atoms with Gasteiger partial charge in [0.25, 0.3) is 0 Å². The molecule has 2 heteroatoms. The summed E-state index contributed by atoms with van der Waals surface area (Å²) in [5, 5.41) is 0. The van der Waals surface area contributed by atoms with Gasteiger partial charge in [0.15, 0.2) is 5.82 Å². The van der Waals surface area contributed by atoms with Crippen LogP contribution < -0.4 is 0 Å². The average molecular weight is 183 g/mol. The van der Waals surface area contributed by atoms with Crippen molar-refractivity contribution >= 4 is 0 Å². The standard InChI is InChI=1S/C12H11N2/c1-2-11-8-9-13-12(14-11)10-6-4-3-5-7-10/h3-9H,1-2H2. The zero-order chi connectivity index (χ0) is 9.80. The third kappa shape index (κ3) is 1.79. The molecule has 0 aliphatic heterocycles. The van der Waals surface area contributed by atoms with Gasteiger partial charge in [-0.3, -0.25) is 0 Å². The van der Waals surface area contributed by atoms with E-state index >= 15 is 0 Å². The molecule has 1 aromatic carbocycles. The Morgan fingerprint density at radius 2 is 1.86 bits per heavy atom. The molecule has 1 heterocycles. The van der Waals surface area contributed by atoms with E-state index < -0.39 is 0 Å². The third-order valence-electron chi connectivity index (χ3n) is 2.00. The highest BCUT2D eigenvalue weighted by molar-refractivity contribution is 5.54. The van der Waals surface area contributed by atoms with E-state index in [1.807, 2.05) is 36.4 Å². The molecule has 0 aliphatic carbocycles. The van der Waals surface area contributed by atoms with Gasteiger partial charge in [0, 0.05) is 17.5 Å². The van der Waals surface area contributed by atoms with Crippen molar-refractivity contribution in [3.05, 3.63) is 55.2 Å². The van der Waals surface area contributed by atoms with E-state index in [2.05, 4.69) is 16.9 Å². The van der Waals surface area contributed by atoms with Crippen LogP contribution in [-0.2, 0) is 6.42 Å². The lowest BCUT2D eigenvalue weighted by molar-refractivity contribution is 1.06. The first-order valence-electron chi connectivity index (χ1n) is 4.57. The Kier molecular flexibility index (Phi) is 2.54. The normalized spacial score (nSPS) is 10.1. The van der Waals surface area contributed by atoms with E-state index in [0.29, 0.717) is 6.42 Å². The topological polar surface area (TPSA) is 25.8 Å². The molecule has 0 unspecified atom stereocenters. The Morgan fingerprint density at radius 1 is 1.07 bits per heavy atom. The molecule has 1 radical (unpaired) electrons. The summed E-state index contributed by atoms with van der Waals surface area (Å²) in [4.78, 5) is 8.61. The molecular formula is C12H11N2. The van der Waals surface area contributed by atoms with Crippen molar-refractivity contribution in [3.63, 3.8) is 0 Å². The number of rotatable bonds is 2. The number of hydrogen-bond acceptors (Lipinski definition) is 2. The maximum Gasteiger partial charge on any atom is 0.159 e. The van der Waals surface area contributed by atoms with Gasteiger partial charge in [-0.15, -0.1) is 0 Å². The van der Waals surface area contributed by atoms with Crippen molar-refractivity contribution in [2.75, 3.05) is 0 Å². The van der Waals surface area contributed by atoms with E-state index in [0.717, 1.165) is 17.1 Å². The fraction of sp³-hybridized carbons (Fsp3) is 0.0833. The predicted octanol–water partition coefficient (Wildman–Crippen LogP) is 2.52. The summed E-state index contributed by atoms with van der Waals surface area (Å²) >= 11 is 0. The van der Waals surface area contributed by atoms with Crippen molar-refractivity contribution in [3.8, 4) is 11.4 Å². The monoisotopic (exact) mass is 183 g/mol. The molecule has 0 spiro atoms. The van der Waals surface area contributed by atoms with Crippen molar-refractivity contribution < 1.29 is 0 Å². The van der Waals surface area contributed by atoms with Gasteiger partial charge in [-0.25, -0.2) is 9.97 Å². The molecule has 0 amide bonds. The van der Waals surface area contributed by atoms with E-state index in [9.17, 15) is 0 Å². The van der Waals surface area contributed by atoms with Crippen LogP contribution in [-0.4, -0.2) is 9.97 Å². The highest BCUT2D eigenvalue weighted by Crippen LogP contribution is 2.13. The Labute approximate surface area is 83.7 Å². The zero-order valence-electron chi connectivity index (χ0n) is 7.85. The van der Waals surface area contributed by atoms with Crippen LogP contribution in [0.15, 0.2) is 42.6 Å². The first-order chi connectivity index (χ1) is 6.90. The molecule has 0 N–H and O–H groups in total. The van der Waals surface area contributed by atoms with Crippen LogP contribution >= 0.6 is 0 Å². The number of aromatic nitrogens is 2. The molecule has 1 aromatic heterocycles. The van der Waals surface area contributed by atoms with E-state index in [1.165, 1.54) is 0 Å². The fourth-order valence-electron chi connectivity index (χ4n) is 1.26. The van der Waals surface area contributed by atoms with Crippen LogP contribution in [0.1, 0.15) is 5.69 Å². The van der Waals surface area contributed by atoms with Gasteiger partial charge >= 0.3 is 0 Å². The number of hydrogen-bond donors (Lipinski definition) is 0. The molecule has 2 rings (SSSR count).